The number of phenolic OH excluding ortho intramolecular Hbond substituents is 1. The van der Waals surface area contributed by atoms with Gasteiger partial charge in [0, 0.05) is 19.7 Å². The normalized spacial score (nSPS) is 20.7. The first-order valence-corrected chi connectivity index (χ1v) is 8.19. The molecule has 5 heteroatoms. The van der Waals surface area contributed by atoms with Crippen LogP contribution >= 0.6 is 31.9 Å². The molecule has 1 aliphatic heterocycles. The Hall–Kier alpha value is -0.100. The molecule has 106 valence electrons. The van der Waals surface area contributed by atoms with Crippen LogP contribution in [0.25, 0.3) is 0 Å². The van der Waals surface area contributed by atoms with Crippen LogP contribution in [0.3, 0.4) is 0 Å². The minimum absolute atomic E-state index is 0.259. The van der Waals surface area contributed by atoms with Gasteiger partial charge in [-0.3, -0.25) is 4.90 Å². The van der Waals surface area contributed by atoms with Crippen LogP contribution in [0.15, 0.2) is 21.1 Å². The highest BCUT2D eigenvalue weighted by Crippen LogP contribution is 2.33. The van der Waals surface area contributed by atoms with E-state index in [1.54, 1.807) is 0 Å². The molecule has 2 rings (SSSR count). The first kappa shape index (κ1) is 15.3. The molecule has 19 heavy (non-hydrogen) atoms. The molecular weight excluding hydrogens is 374 g/mol. The summed E-state index contributed by atoms with van der Waals surface area (Å²) in [5.41, 5.74) is 1.19. The van der Waals surface area contributed by atoms with Crippen molar-refractivity contribution >= 4 is 31.9 Å². The van der Waals surface area contributed by atoms with E-state index in [-0.39, 0.29) is 5.75 Å². The number of hydrogen-bond donors (Lipinski definition) is 1. The summed E-state index contributed by atoms with van der Waals surface area (Å²) in [4.78, 5) is 2.41. The van der Waals surface area contributed by atoms with Crippen molar-refractivity contribution in [3.05, 3.63) is 26.6 Å². The van der Waals surface area contributed by atoms with Crippen molar-refractivity contribution in [2.45, 2.75) is 32.4 Å². The number of piperidine rings is 1. The van der Waals surface area contributed by atoms with Gasteiger partial charge in [-0.1, -0.05) is 0 Å². The van der Waals surface area contributed by atoms with Crippen LogP contribution in [0.4, 0.5) is 0 Å². The van der Waals surface area contributed by atoms with E-state index in [0.29, 0.717) is 6.10 Å². The van der Waals surface area contributed by atoms with E-state index in [2.05, 4.69) is 36.8 Å². The minimum Gasteiger partial charge on any atom is -0.506 e. The number of phenols is 1. The third-order valence-electron chi connectivity index (χ3n) is 3.35. The Morgan fingerprint density at radius 1 is 1.37 bits per heavy atom. The Morgan fingerprint density at radius 2 is 2.05 bits per heavy atom. The molecule has 1 saturated heterocycles. The number of benzene rings is 1. The lowest BCUT2D eigenvalue weighted by Gasteiger charge is -2.32. The highest BCUT2D eigenvalue weighted by atomic mass is 79.9. The van der Waals surface area contributed by atoms with Crippen LogP contribution < -0.4 is 0 Å². The third kappa shape index (κ3) is 4.18. The van der Waals surface area contributed by atoms with E-state index in [1.807, 2.05) is 19.1 Å². The van der Waals surface area contributed by atoms with E-state index in [0.717, 1.165) is 41.6 Å². The summed E-state index contributed by atoms with van der Waals surface area (Å²) in [5.74, 6) is 0.259. The van der Waals surface area contributed by atoms with Crippen LogP contribution in [0, 0.1) is 0 Å². The van der Waals surface area contributed by atoms with Crippen molar-refractivity contribution in [1.29, 1.82) is 0 Å². The molecule has 3 nitrogen and oxygen atoms in total. The number of ether oxygens (including phenoxy) is 1. The highest BCUT2D eigenvalue weighted by molar-refractivity contribution is 9.11. The van der Waals surface area contributed by atoms with Crippen LogP contribution in [-0.4, -0.2) is 35.8 Å². The predicted octanol–water partition coefficient (Wildman–Crippen LogP) is 3.92. The summed E-state index contributed by atoms with van der Waals surface area (Å²) >= 11 is 6.75. The molecule has 1 unspecified atom stereocenters. The first-order chi connectivity index (χ1) is 9.10. The van der Waals surface area contributed by atoms with Gasteiger partial charge in [-0.25, -0.2) is 0 Å². The van der Waals surface area contributed by atoms with E-state index in [9.17, 15) is 5.11 Å². The van der Waals surface area contributed by atoms with Crippen molar-refractivity contribution in [2.75, 3.05) is 19.7 Å². The number of hydrogen-bond acceptors (Lipinski definition) is 3. The number of halogens is 2. The Balaban J connectivity index is 2.00. The molecule has 1 atom stereocenters. The van der Waals surface area contributed by atoms with Gasteiger partial charge in [0.2, 0.25) is 0 Å². The van der Waals surface area contributed by atoms with Crippen LogP contribution in [0.1, 0.15) is 25.3 Å². The highest BCUT2D eigenvalue weighted by Gasteiger charge is 2.20. The average Bonchev–Trinajstić information content (AvgIpc) is 2.37. The zero-order valence-electron chi connectivity index (χ0n) is 11.0. The Morgan fingerprint density at radius 3 is 2.68 bits per heavy atom. The van der Waals surface area contributed by atoms with Crippen molar-refractivity contribution in [3.63, 3.8) is 0 Å². The quantitative estimate of drug-likeness (QED) is 0.842. The second kappa shape index (κ2) is 7.07. The monoisotopic (exact) mass is 391 g/mol. The summed E-state index contributed by atoms with van der Waals surface area (Å²) in [5, 5.41) is 9.72. The minimum atomic E-state index is 0.259. The Bertz CT molecular complexity index is 414. The molecule has 0 radical (unpaired) electrons. The molecule has 1 fully saturated rings. The van der Waals surface area contributed by atoms with Crippen molar-refractivity contribution in [1.82, 2.24) is 4.90 Å². The van der Waals surface area contributed by atoms with Crippen LogP contribution in [-0.2, 0) is 11.3 Å². The summed E-state index contributed by atoms with van der Waals surface area (Å²) in [7, 11) is 0. The lowest BCUT2D eigenvalue weighted by atomic mass is 10.1. The summed E-state index contributed by atoms with van der Waals surface area (Å²) in [6, 6.07) is 3.95. The molecule has 1 aromatic carbocycles. The lowest BCUT2D eigenvalue weighted by molar-refractivity contribution is 0.00362. The molecule has 0 amide bonds. The number of aromatic hydroxyl groups is 1. The second-order valence-electron chi connectivity index (χ2n) is 4.86. The van der Waals surface area contributed by atoms with Gasteiger partial charge in [-0.15, -0.1) is 0 Å². The third-order valence-corrected chi connectivity index (χ3v) is 4.56. The second-order valence-corrected chi connectivity index (χ2v) is 6.57. The predicted molar refractivity (Wildman–Crippen MR) is 83.4 cm³/mol. The summed E-state index contributed by atoms with van der Waals surface area (Å²) < 4.78 is 7.18. The summed E-state index contributed by atoms with van der Waals surface area (Å²) in [6.07, 6.45) is 2.71. The maximum atomic E-state index is 9.72. The molecular formula is C14H19Br2NO2. The van der Waals surface area contributed by atoms with Gasteiger partial charge in [-0.05, 0) is 75.9 Å². The van der Waals surface area contributed by atoms with Gasteiger partial charge in [0.15, 0.2) is 0 Å². The fourth-order valence-corrected chi connectivity index (χ4v) is 3.78. The Labute approximate surface area is 131 Å². The van der Waals surface area contributed by atoms with E-state index < -0.39 is 0 Å². The van der Waals surface area contributed by atoms with Gasteiger partial charge in [-0.2, -0.15) is 0 Å². The average molecular weight is 393 g/mol. The fourth-order valence-electron chi connectivity index (χ4n) is 2.50. The number of nitrogens with zero attached hydrogens (tertiary/aromatic N) is 1. The molecule has 1 aliphatic rings. The molecule has 1 aromatic rings. The van der Waals surface area contributed by atoms with Crippen molar-refractivity contribution in [3.8, 4) is 5.75 Å². The molecule has 1 N–H and O–H groups in total. The molecule has 0 aromatic heterocycles. The van der Waals surface area contributed by atoms with Crippen molar-refractivity contribution < 1.29 is 9.84 Å². The molecule has 0 aliphatic carbocycles. The van der Waals surface area contributed by atoms with Crippen molar-refractivity contribution in [2.24, 2.45) is 0 Å². The van der Waals surface area contributed by atoms with E-state index >= 15 is 0 Å². The van der Waals surface area contributed by atoms with Gasteiger partial charge >= 0.3 is 0 Å². The fraction of sp³-hybridized carbons (Fsp3) is 0.571. The summed E-state index contributed by atoms with van der Waals surface area (Å²) in [6.45, 7) is 5.83. The smallest absolute Gasteiger partial charge is 0.143 e. The molecule has 1 heterocycles. The van der Waals surface area contributed by atoms with Gasteiger partial charge in [0.25, 0.3) is 0 Å². The van der Waals surface area contributed by atoms with E-state index in [4.69, 9.17) is 4.74 Å². The van der Waals surface area contributed by atoms with Gasteiger partial charge < -0.3 is 9.84 Å². The SMILES string of the molecule is CCOC1CCCN(Cc2cc(Br)c(O)c(Br)c2)C1. The van der Waals surface area contributed by atoms with Crippen LogP contribution in [0.5, 0.6) is 5.75 Å². The topological polar surface area (TPSA) is 32.7 Å². The Kier molecular flexibility index (Phi) is 5.69. The van der Waals surface area contributed by atoms with E-state index in [1.165, 1.54) is 12.0 Å². The molecule has 0 bridgehead atoms. The molecule has 0 spiro atoms. The first-order valence-electron chi connectivity index (χ1n) is 6.61. The van der Waals surface area contributed by atoms with Crippen LogP contribution in [0.2, 0.25) is 0 Å². The largest absolute Gasteiger partial charge is 0.506 e. The number of rotatable bonds is 4. The van der Waals surface area contributed by atoms with Gasteiger partial charge in [0.05, 0.1) is 15.0 Å². The zero-order chi connectivity index (χ0) is 13.8. The maximum absolute atomic E-state index is 9.72. The zero-order valence-corrected chi connectivity index (χ0v) is 14.2. The maximum Gasteiger partial charge on any atom is 0.143 e. The standard InChI is InChI=1S/C14H19Br2NO2/c1-2-19-11-4-3-5-17(9-11)8-10-6-12(15)14(18)13(16)7-10/h6-7,11,18H,2-5,8-9H2,1H3. The van der Waals surface area contributed by atoms with Gasteiger partial charge in [0.1, 0.15) is 5.75 Å². The number of likely N-dealkylation sites (tertiary alicyclic amines) is 1. The molecule has 0 saturated carbocycles. The lowest BCUT2D eigenvalue weighted by Crippen LogP contribution is -2.39.